The standard InChI is InChI=1S/C17H27NO2/c1-4-7-16-14-15(2)8-9-17(16)20-13-6-11-18-10-5-12-19-3/h4,8-9,14,18H,1,5-7,10-13H2,2-3H3/p+1. The molecule has 0 radical (unpaired) electrons. The zero-order chi connectivity index (χ0) is 14.6. The zero-order valence-corrected chi connectivity index (χ0v) is 12.9. The largest absolute Gasteiger partial charge is 0.493 e. The maximum Gasteiger partial charge on any atom is 0.122 e. The molecular weight excluding hydrogens is 250 g/mol. The smallest absolute Gasteiger partial charge is 0.122 e. The first-order chi connectivity index (χ1) is 9.77. The normalized spacial score (nSPS) is 10.5. The second kappa shape index (κ2) is 10.5. The van der Waals surface area contributed by atoms with Gasteiger partial charge in [-0.3, -0.25) is 0 Å². The molecule has 3 heteroatoms. The summed E-state index contributed by atoms with van der Waals surface area (Å²) in [6, 6.07) is 6.34. The Morgan fingerprint density at radius 2 is 1.95 bits per heavy atom. The number of allylic oxidation sites excluding steroid dienone is 1. The van der Waals surface area contributed by atoms with Crippen molar-refractivity contribution < 1.29 is 14.8 Å². The monoisotopic (exact) mass is 278 g/mol. The zero-order valence-electron chi connectivity index (χ0n) is 12.9. The Bertz CT molecular complexity index is 391. The fourth-order valence-electron chi connectivity index (χ4n) is 2.09. The topological polar surface area (TPSA) is 35.1 Å². The molecule has 0 aromatic heterocycles. The predicted octanol–water partition coefficient (Wildman–Crippen LogP) is 2.09. The number of ether oxygens (including phenoxy) is 2. The van der Waals surface area contributed by atoms with Crippen LogP contribution in [0.1, 0.15) is 24.0 Å². The first kappa shape index (κ1) is 16.7. The van der Waals surface area contributed by atoms with Gasteiger partial charge >= 0.3 is 0 Å². The van der Waals surface area contributed by atoms with E-state index in [2.05, 4.69) is 37.0 Å². The van der Waals surface area contributed by atoms with Crippen LogP contribution in [0.25, 0.3) is 0 Å². The third-order valence-corrected chi connectivity index (χ3v) is 3.15. The summed E-state index contributed by atoms with van der Waals surface area (Å²) in [7, 11) is 1.75. The molecule has 0 fully saturated rings. The Balaban J connectivity index is 2.22. The molecule has 1 aromatic carbocycles. The lowest BCUT2D eigenvalue weighted by atomic mass is 10.1. The average Bonchev–Trinajstić information content (AvgIpc) is 2.44. The van der Waals surface area contributed by atoms with Gasteiger partial charge in [-0.05, 0) is 25.0 Å². The van der Waals surface area contributed by atoms with E-state index in [0.29, 0.717) is 0 Å². The molecule has 20 heavy (non-hydrogen) atoms. The number of benzene rings is 1. The molecule has 1 rings (SSSR count). The van der Waals surface area contributed by atoms with Crippen LogP contribution in [0.2, 0.25) is 0 Å². The van der Waals surface area contributed by atoms with Crippen molar-refractivity contribution in [1.82, 2.24) is 0 Å². The van der Waals surface area contributed by atoms with Crippen molar-refractivity contribution in [2.45, 2.75) is 26.2 Å². The highest BCUT2D eigenvalue weighted by Gasteiger charge is 2.03. The summed E-state index contributed by atoms with van der Waals surface area (Å²) >= 11 is 0. The quantitative estimate of drug-likeness (QED) is 0.497. The highest BCUT2D eigenvalue weighted by Crippen LogP contribution is 2.20. The van der Waals surface area contributed by atoms with Gasteiger partial charge in [0.1, 0.15) is 5.75 Å². The molecule has 0 unspecified atom stereocenters. The first-order valence-electron chi connectivity index (χ1n) is 7.41. The summed E-state index contributed by atoms with van der Waals surface area (Å²) in [6.07, 6.45) is 4.96. The van der Waals surface area contributed by atoms with Gasteiger partial charge in [-0.2, -0.15) is 0 Å². The van der Waals surface area contributed by atoms with Crippen molar-refractivity contribution in [1.29, 1.82) is 0 Å². The van der Waals surface area contributed by atoms with Crippen molar-refractivity contribution in [3.8, 4) is 5.75 Å². The minimum atomic E-state index is 0.772. The Morgan fingerprint density at radius 3 is 2.65 bits per heavy atom. The van der Waals surface area contributed by atoms with E-state index in [1.165, 1.54) is 11.1 Å². The van der Waals surface area contributed by atoms with Gasteiger partial charge in [0.25, 0.3) is 0 Å². The van der Waals surface area contributed by atoms with Crippen LogP contribution in [0.5, 0.6) is 5.75 Å². The number of hydrogen-bond donors (Lipinski definition) is 1. The highest BCUT2D eigenvalue weighted by molar-refractivity contribution is 5.38. The average molecular weight is 278 g/mol. The molecule has 0 aliphatic heterocycles. The van der Waals surface area contributed by atoms with E-state index in [9.17, 15) is 0 Å². The van der Waals surface area contributed by atoms with E-state index in [1.807, 2.05) is 6.08 Å². The lowest BCUT2D eigenvalue weighted by Gasteiger charge is -2.11. The molecule has 0 saturated heterocycles. The Morgan fingerprint density at radius 1 is 1.20 bits per heavy atom. The lowest BCUT2D eigenvalue weighted by Crippen LogP contribution is -2.84. The van der Waals surface area contributed by atoms with Gasteiger partial charge in [0, 0.05) is 20.0 Å². The van der Waals surface area contributed by atoms with Crippen molar-refractivity contribution in [3.63, 3.8) is 0 Å². The molecule has 0 bridgehead atoms. The molecule has 0 saturated carbocycles. The number of rotatable bonds is 11. The first-order valence-corrected chi connectivity index (χ1v) is 7.41. The van der Waals surface area contributed by atoms with E-state index < -0.39 is 0 Å². The van der Waals surface area contributed by atoms with Gasteiger partial charge in [0.05, 0.1) is 26.3 Å². The predicted molar refractivity (Wildman–Crippen MR) is 83.3 cm³/mol. The molecule has 2 N–H and O–H groups in total. The van der Waals surface area contributed by atoms with Gasteiger partial charge in [-0.25, -0.2) is 0 Å². The fraction of sp³-hybridized carbons (Fsp3) is 0.529. The Hall–Kier alpha value is -1.32. The third-order valence-electron chi connectivity index (χ3n) is 3.15. The summed E-state index contributed by atoms with van der Waals surface area (Å²) in [4.78, 5) is 0. The van der Waals surface area contributed by atoms with Crippen LogP contribution in [-0.2, 0) is 11.2 Å². The highest BCUT2D eigenvalue weighted by atomic mass is 16.5. The van der Waals surface area contributed by atoms with Crippen molar-refractivity contribution in [3.05, 3.63) is 42.0 Å². The molecule has 0 amide bonds. The van der Waals surface area contributed by atoms with Gasteiger partial charge in [-0.15, -0.1) is 6.58 Å². The van der Waals surface area contributed by atoms with Gasteiger partial charge in [-0.1, -0.05) is 23.8 Å². The van der Waals surface area contributed by atoms with Crippen molar-refractivity contribution in [2.75, 3.05) is 33.4 Å². The number of nitrogens with two attached hydrogens (primary N) is 1. The Labute approximate surface area is 123 Å². The molecule has 0 spiro atoms. The van der Waals surface area contributed by atoms with Crippen LogP contribution in [-0.4, -0.2) is 33.4 Å². The van der Waals surface area contributed by atoms with Crippen molar-refractivity contribution >= 4 is 0 Å². The van der Waals surface area contributed by atoms with Crippen molar-refractivity contribution in [2.24, 2.45) is 0 Å². The molecule has 112 valence electrons. The van der Waals surface area contributed by atoms with Crippen LogP contribution >= 0.6 is 0 Å². The van der Waals surface area contributed by atoms with Crippen LogP contribution in [0.15, 0.2) is 30.9 Å². The maximum absolute atomic E-state index is 5.88. The Kier molecular flexibility index (Phi) is 8.76. The molecule has 0 heterocycles. The SMILES string of the molecule is C=CCc1cc(C)ccc1OCCC[NH2+]CCCOC. The van der Waals surface area contributed by atoms with Gasteiger partial charge < -0.3 is 14.8 Å². The molecule has 0 aliphatic rings. The van der Waals surface area contributed by atoms with Gasteiger partial charge in [0.2, 0.25) is 0 Å². The van der Waals surface area contributed by atoms with Crippen LogP contribution in [0, 0.1) is 6.92 Å². The summed E-state index contributed by atoms with van der Waals surface area (Å²) in [5, 5.41) is 2.32. The molecule has 0 aliphatic carbocycles. The van der Waals surface area contributed by atoms with E-state index >= 15 is 0 Å². The van der Waals surface area contributed by atoms with Crippen LogP contribution in [0.4, 0.5) is 0 Å². The number of hydrogen-bond acceptors (Lipinski definition) is 2. The maximum atomic E-state index is 5.88. The van der Waals surface area contributed by atoms with Crippen LogP contribution < -0.4 is 10.1 Å². The number of methoxy groups -OCH3 is 1. The lowest BCUT2D eigenvalue weighted by molar-refractivity contribution is -0.655. The van der Waals surface area contributed by atoms with Crippen LogP contribution in [0.3, 0.4) is 0 Å². The van der Waals surface area contributed by atoms with E-state index in [1.54, 1.807) is 7.11 Å². The number of aryl methyl sites for hydroxylation is 1. The minimum absolute atomic E-state index is 0.772. The summed E-state index contributed by atoms with van der Waals surface area (Å²) in [6.45, 7) is 9.75. The summed E-state index contributed by atoms with van der Waals surface area (Å²) in [5.74, 6) is 0.995. The van der Waals surface area contributed by atoms with E-state index in [4.69, 9.17) is 9.47 Å². The molecular formula is C17H28NO2+. The molecule has 1 aromatic rings. The minimum Gasteiger partial charge on any atom is -0.493 e. The number of quaternary nitrogens is 1. The fourth-order valence-corrected chi connectivity index (χ4v) is 2.09. The second-order valence-electron chi connectivity index (χ2n) is 5.02. The van der Waals surface area contributed by atoms with E-state index in [0.717, 1.165) is 51.3 Å². The molecule has 0 atom stereocenters. The van der Waals surface area contributed by atoms with E-state index in [-0.39, 0.29) is 0 Å². The summed E-state index contributed by atoms with van der Waals surface area (Å²) < 4.78 is 10.9. The molecule has 3 nitrogen and oxygen atoms in total. The third kappa shape index (κ3) is 6.73. The summed E-state index contributed by atoms with van der Waals surface area (Å²) in [5.41, 5.74) is 2.49. The van der Waals surface area contributed by atoms with Gasteiger partial charge in [0.15, 0.2) is 0 Å². The second-order valence-corrected chi connectivity index (χ2v) is 5.02.